The highest BCUT2D eigenvalue weighted by Gasteiger charge is 2.26. The van der Waals surface area contributed by atoms with Crippen LogP contribution in [-0.2, 0) is 4.74 Å². The highest BCUT2D eigenvalue weighted by Crippen LogP contribution is 2.24. The zero-order valence-electron chi connectivity index (χ0n) is 8.87. The number of anilines is 1. The summed E-state index contributed by atoms with van der Waals surface area (Å²) < 4.78 is 7.00. The minimum absolute atomic E-state index is 0.00264. The summed E-state index contributed by atoms with van der Waals surface area (Å²) in [6, 6.07) is 1.60. The maximum absolute atomic E-state index is 11.6. The number of aliphatic hydroxyl groups excluding tert-OH is 1. The molecule has 2 atom stereocenters. The summed E-state index contributed by atoms with van der Waals surface area (Å²) in [6.07, 6.45) is 3.00. The van der Waals surface area contributed by atoms with Crippen LogP contribution in [0.1, 0.15) is 18.9 Å². The van der Waals surface area contributed by atoms with E-state index in [-0.39, 0.29) is 30.3 Å². The molecule has 6 nitrogen and oxygen atoms in total. The van der Waals surface area contributed by atoms with Gasteiger partial charge < -0.3 is 15.6 Å². The van der Waals surface area contributed by atoms with Crippen LogP contribution in [0.2, 0.25) is 0 Å². The second kappa shape index (κ2) is 4.63. The molecule has 1 aromatic heterocycles. The summed E-state index contributed by atoms with van der Waals surface area (Å²) in [5.41, 5.74) is 5.06. The Morgan fingerprint density at radius 3 is 3.19 bits per heavy atom. The van der Waals surface area contributed by atoms with Gasteiger partial charge in [-0.3, -0.25) is 4.57 Å². The molecule has 1 aliphatic rings. The molecule has 1 fully saturated rings. The Morgan fingerprint density at radius 1 is 1.69 bits per heavy atom. The Bertz CT molecular complexity index is 418. The van der Waals surface area contributed by atoms with E-state index in [4.69, 9.17) is 15.6 Å². The van der Waals surface area contributed by atoms with Crippen molar-refractivity contribution in [1.29, 1.82) is 0 Å². The van der Waals surface area contributed by atoms with Crippen LogP contribution in [0.15, 0.2) is 17.1 Å². The number of nitrogens with zero attached hydrogens (tertiary/aromatic N) is 2. The van der Waals surface area contributed by atoms with Gasteiger partial charge >= 0.3 is 5.69 Å². The van der Waals surface area contributed by atoms with Gasteiger partial charge in [-0.15, -0.1) is 0 Å². The predicted molar refractivity (Wildman–Crippen MR) is 58.0 cm³/mol. The third-order valence-electron chi connectivity index (χ3n) is 2.76. The lowest BCUT2D eigenvalue weighted by Gasteiger charge is -2.11. The fourth-order valence-electron chi connectivity index (χ4n) is 1.93. The first-order valence-corrected chi connectivity index (χ1v) is 5.28. The van der Waals surface area contributed by atoms with Crippen molar-refractivity contribution in [3.05, 3.63) is 22.7 Å². The average Bonchev–Trinajstić information content (AvgIpc) is 2.67. The van der Waals surface area contributed by atoms with Crippen LogP contribution >= 0.6 is 0 Å². The minimum Gasteiger partial charge on any atom is -0.396 e. The Labute approximate surface area is 92.7 Å². The molecule has 0 radical (unpaired) electrons. The number of hydrogen-bond donors (Lipinski definition) is 2. The van der Waals surface area contributed by atoms with Crippen molar-refractivity contribution in [1.82, 2.24) is 9.55 Å². The average molecular weight is 225 g/mol. The summed E-state index contributed by atoms with van der Waals surface area (Å²) >= 11 is 0. The Kier molecular flexibility index (Phi) is 3.21. The van der Waals surface area contributed by atoms with Gasteiger partial charge in [0.1, 0.15) is 5.82 Å². The monoisotopic (exact) mass is 225 g/mol. The van der Waals surface area contributed by atoms with E-state index >= 15 is 0 Å². The second-order valence-corrected chi connectivity index (χ2v) is 3.90. The lowest BCUT2D eigenvalue weighted by molar-refractivity contribution is 0.0841. The first-order chi connectivity index (χ1) is 7.70. The number of rotatable bonds is 3. The molecule has 1 saturated heterocycles. The summed E-state index contributed by atoms with van der Waals surface area (Å²) in [5.74, 6) is 0.229. The molecule has 0 aromatic carbocycles. The van der Waals surface area contributed by atoms with Crippen molar-refractivity contribution in [2.24, 2.45) is 0 Å². The lowest BCUT2D eigenvalue weighted by Crippen LogP contribution is -2.27. The molecule has 0 spiro atoms. The van der Waals surface area contributed by atoms with Crippen LogP contribution in [0.5, 0.6) is 0 Å². The largest absolute Gasteiger partial charge is 0.396 e. The summed E-state index contributed by atoms with van der Waals surface area (Å²) in [6.45, 7) is 0.586. The van der Waals surface area contributed by atoms with Gasteiger partial charge in [0.15, 0.2) is 0 Å². The molecule has 88 valence electrons. The second-order valence-electron chi connectivity index (χ2n) is 3.90. The number of ether oxygens (including phenoxy) is 1. The van der Waals surface area contributed by atoms with E-state index in [2.05, 4.69) is 4.98 Å². The van der Waals surface area contributed by atoms with Crippen molar-refractivity contribution >= 4 is 5.82 Å². The number of aliphatic hydroxyl groups is 1. The normalized spacial score (nSPS) is 24.8. The van der Waals surface area contributed by atoms with E-state index in [9.17, 15) is 4.79 Å². The molecular formula is C10H15N3O3. The van der Waals surface area contributed by atoms with Crippen LogP contribution in [0.4, 0.5) is 5.82 Å². The van der Waals surface area contributed by atoms with Gasteiger partial charge in [0.25, 0.3) is 0 Å². The van der Waals surface area contributed by atoms with Crippen molar-refractivity contribution < 1.29 is 9.84 Å². The standard InChI is InChI=1S/C10H15N3O3/c11-9-1-3-13(10(15)12-9)7-5-8(2-4-14)16-6-7/h1,3,7-8,14H,2,4-6H2,(H2,11,12,15)/t7-,8+/m0/s1. The SMILES string of the molecule is Nc1ccn([C@@H]2CO[C@H](CCO)C2)c(=O)n1. The maximum atomic E-state index is 11.6. The molecule has 3 N–H and O–H groups in total. The van der Waals surface area contributed by atoms with Crippen LogP contribution in [0, 0.1) is 0 Å². The number of aromatic nitrogens is 2. The highest BCUT2D eigenvalue weighted by atomic mass is 16.5. The van der Waals surface area contributed by atoms with Crippen LogP contribution in [0.25, 0.3) is 0 Å². The van der Waals surface area contributed by atoms with Crippen molar-refractivity contribution in [3.63, 3.8) is 0 Å². The van der Waals surface area contributed by atoms with E-state index in [0.717, 1.165) is 6.42 Å². The number of hydrogen-bond acceptors (Lipinski definition) is 5. The fraction of sp³-hybridized carbons (Fsp3) is 0.600. The van der Waals surface area contributed by atoms with E-state index in [0.29, 0.717) is 13.0 Å². The van der Waals surface area contributed by atoms with Crippen LogP contribution in [-0.4, -0.2) is 34.0 Å². The predicted octanol–water partition coefficient (Wildman–Crippen LogP) is -0.462. The quantitative estimate of drug-likeness (QED) is 0.726. The lowest BCUT2D eigenvalue weighted by atomic mass is 10.1. The Hall–Kier alpha value is -1.40. The molecule has 2 rings (SSSR count). The highest BCUT2D eigenvalue weighted by molar-refractivity contribution is 5.23. The first kappa shape index (κ1) is 11.1. The number of nitrogens with two attached hydrogens (primary N) is 1. The van der Waals surface area contributed by atoms with E-state index in [1.54, 1.807) is 12.3 Å². The minimum atomic E-state index is -0.349. The molecule has 16 heavy (non-hydrogen) atoms. The van der Waals surface area contributed by atoms with Crippen molar-refractivity contribution in [2.75, 3.05) is 18.9 Å². The molecular weight excluding hydrogens is 210 g/mol. The van der Waals surface area contributed by atoms with Gasteiger partial charge in [0, 0.05) is 12.8 Å². The van der Waals surface area contributed by atoms with E-state index < -0.39 is 0 Å². The summed E-state index contributed by atoms with van der Waals surface area (Å²) in [5, 5.41) is 8.80. The van der Waals surface area contributed by atoms with Gasteiger partial charge in [-0.1, -0.05) is 0 Å². The van der Waals surface area contributed by atoms with Crippen LogP contribution < -0.4 is 11.4 Å². The first-order valence-electron chi connectivity index (χ1n) is 5.28. The van der Waals surface area contributed by atoms with E-state index in [1.165, 1.54) is 4.57 Å². The van der Waals surface area contributed by atoms with Crippen LogP contribution in [0.3, 0.4) is 0 Å². The summed E-state index contributed by atoms with van der Waals surface area (Å²) in [7, 11) is 0. The molecule has 0 unspecified atom stereocenters. The maximum Gasteiger partial charge on any atom is 0.349 e. The zero-order valence-corrected chi connectivity index (χ0v) is 8.87. The van der Waals surface area contributed by atoms with Gasteiger partial charge in [0.05, 0.1) is 18.8 Å². The molecule has 0 bridgehead atoms. The molecule has 0 saturated carbocycles. The molecule has 0 aliphatic carbocycles. The smallest absolute Gasteiger partial charge is 0.349 e. The van der Waals surface area contributed by atoms with E-state index in [1.807, 2.05) is 0 Å². The van der Waals surface area contributed by atoms with Gasteiger partial charge in [-0.05, 0) is 18.9 Å². The van der Waals surface area contributed by atoms with Gasteiger partial charge in [-0.25, -0.2) is 4.79 Å². The third kappa shape index (κ3) is 2.23. The Morgan fingerprint density at radius 2 is 2.50 bits per heavy atom. The molecule has 1 aliphatic heterocycles. The zero-order chi connectivity index (χ0) is 11.5. The topological polar surface area (TPSA) is 90.4 Å². The van der Waals surface area contributed by atoms with Gasteiger partial charge in [0.2, 0.25) is 0 Å². The number of nitrogen functional groups attached to an aromatic ring is 1. The van der Waals surface area contributed by atoms with Gasteiger partial charge in [-0.2, -0.15) is 4.98 Å². The molecule has 0 amide bonds. The summed E-state index contributed by atoms with van der Waals surface area (Å²) in [4.78, 5) is 15.2. The fourth-order valence-corrected chi connectivity index (χ4v) is 1.93. The Balaban J connectivity index is 2.11. The molecule has 6 heteroatoms. The molecule has 2 heterocycles. The molecule has 1 aromatic rings. The van der Waals surface area contributed by atoms with Crippen molar-refractivity contribution in [2.45, 2.75) is 25.0 Å². The van der Waals surface area contributed by atoms with Crippen molar-refractivity contribution in [3.8, 4) is 0 Å². The third-order valence-corrected chi connectivity index (χ3v) is 2.76.